The fourth-order valence-electron chi connectivity index (χ4n) is 17.9. The second-order valence-corrected chi connectivity index (χ2v) is 39.3. The number of sulfone groups is 1. The number of aryl methyl sites for hydroxylation is 1. The lowest BCUT2D eigenvalue weighted by atomic mass is 9.93. The molecule has 0 aromatic heterocycles. The van der Waals surface area contributed by atoms with Crippen molar-refractivity contribution in [3.05, 3.63) is 356 Å². The van der Waals surface area contributed by atoms with E-state index in [1.165, 1.54) is 81.6 Å². The zero-order valence-corrected chi connectivity index (χ0v) is 80.0. The van der Waals surface area contributed by atoms with E-state index >= 15 is 0 Å². The van der Waals surface area contributed by atoms with Crippen LogP contribution in [0.25, 0.3) is 0 Å². The van der Waals surface area contributed by atoms with E-state index in [1.54, 1.807) is 48.5 Å². The Labute approximate surface area is 805 Å². The number of piperidine rings is 4. The number of carbonyl (C=O) groups excluding carboxylic acids is 4. The number of likely N-dealkylation sites (tertiary alicyclic amines) is 4. The summed E-state index contributed by atoms with van der Waals surface area (Å²) in [5, 5.41) is 25.8. The number of nitrogens with one attached hydrogen (secondary N) is 4. The highest BCUT2D eigenvalue weighted by atomic mass is 32.2. The van der Waals surface area contributed by atoms with Crippen molar-refractivity contribution in [3.8, 4) is 6.07 Å². The molecule has 4 aliphatic heterocycles. The topological polar surface area (TPSA) is 260 Å². The lowest BCUT2D eigenvalue weighted by Gasteiger charge is -2.34. The number of benzene rings is 12. The van der Waals surface area contributed by atoms with Gasteiger partial charge in [0.1, 0.15) is 0 Å². The van der Waals surface area contributed by atoms with Crippen LogP contribution in [-0.2, 0) is 45.6 Å². The highest BCUT2D eigenvalue weighted by Gasteiger charge is 2.28. The Kier molecular flexibility index (Phi) is 38.5. The van der Waals surface area contributed by atoms with Crippen molar-refractivity contribution in [2.75, 3.05) is 147 Å². The molecule has 12 aromatic carbocycles. The molecule has 4 amide bonds. The first-order valence-corrected chi connectivity index (χ1v) is 51.1. The number of hydrogen-bond donors (Lipinski definition) is 5. The SMILES string of the molecule is CS(=O)(=O)c1ccc(NC(=O)CC2CCN(CCN(c3ccccc3)c3ccccc3)CC2)cc1.Cc1ccc(CNC(=O)CC2CCN(CCN(c3ccccc3)c3ccccc3)CC2)cc1.N#Cc1ccc(NC(=O)CC2CCN(CCN(c3ccccc3)c3ccccc3)CC2)cc1.NS(=O)(=O)c1ccc(NC(=O)CC2CCN(CCN(c3ccccc3)c3ccccc3)CC2)cc1. The molecule has 16 rings (SSSR count). The Morgan fingerprint density at radius 2 is 0.551 bits per heavy atom. The first-order valence-electron chi connectivity index (χ1n) is 47.7. The van der Waals surface area contributed by atoms with Crippen LogP contribution in [0.4, 0.5) is 62.6 Å². The number of amides is 4. The summed E-state index contributed by atoms with van der Waals surface area (Å²) in [6.45, 7) is 18.4. The molecule has 0 atom stereocenters. The lowest BCUT2D eigenvalue weighted by molar-refractivity contribution is -0.122. The summed E-state index contributed by atoms with van der Waals surface area (Å²) < 4.78 is 45.9. The molecule has 708 valence electrons. The number of anilines is 11. The van der Waals surface area contributed by atoms with Gasteiger partial charge in [-0.2, -0.15) is 5.26 Å². The van der Waals surface area contributed by atoms with Crippen LogP contribution in [0, 0.1) is 41.9 Å². The van der Waals surface area contributed by atoms with Crippen LogP contribution in [0.3, 0.4) is 0 Å². The van der Waals surface area contributed by atoms with Crippen LogP contribution < -0.4 is 46.0 Å². The van der Waals surface area contributed by atoms with Gasteiger partial charge in [0.2, 0.25) is 33.7 Å². The minimum atomic E-state index is -3.74. The maximum atomic E-state index is 12.5. The molecule has 0 aliphatic carbocycles. The summed E-state index contributed by atoms with van der Waals surface area (Å²) >= 11 is 0. The molecule has 0 saturated carbocycles. The average Bonchev–Trinajstić information content (AvgIpc) is 0.836. The van der Waals surface area contributed by atoms with E-state index in [4.69, 9.17) is 10.4 Å². The zero-order valence-electron chi connectivity index (χ0n) is 78.3. The molecule has 0 spiro atoms. The molecule has 0 radical (unpaired) electrons. The molecule has 24 heteroatoms. The number of para-hydroxylation sites is 8. The second kappa shape index (κ2) is 52.1. The number of sulfonamides is 1. The Morgan fingerprint density at radius 3 is 0.779 bits per heavy atom. The van der Waals surface area contributed by atoms with E-state index in [9.17, 15) is 36.0 Å². The highest BCUT2D eigenvalue weighted by molar-refractivity contribution is 7.90. The van der Waals surface area contributed by atoms with E-state index < -0.39 is 19.9 Å². The zero-order chi connectivity index (χ0) is 95.1. The van der Waals surface area contributed by atoms with E-state index in [0.717, 1.165) is 167 Å². The monoisotopic (exact) mass is 1860 g/mol. The number of nitriles is 1. The maximum absolute atomic E-state index is 12.5. The largest absolute Gasteiger partial charge is 0.352 e. The highest BCUT2D eigenvalue weighted by Crippen LogP contribution is 2.33. The van der Waals surface area contributed by atoms with Gasteiger partial charge in [-0.25, -0.2) is 22.0 Å². The van der Waals surface area contributed by atoms with Gasteiger partial charge in [0.05, 0.1) is 21.4 Å². The lowest BCUT2D eigenvalue weighted by Crippen LogP contribution is -2.39. The van der Waals surface area contributed by atoms with Gasteiger partial charge in [-0.05, 0) is 310 Å². The molecule has 0 unspecified atom stereocenters. The number of nitrogens with two attached hydrogens (primary N) is 1. The number of hydrogen-bond acceptors (Lipinski definition) is 17. The Morgan fingerprint density at radius 1 is 0.324 bits per heavy atom. The fourth-order valence-corrected chi connectivity index (χ4v) is 19.1. The summed E-state index contributed by atoms with van der Waals surface area (Å²) in [4.78, 5) is 69.7. The van der Waals surface area contributed by atoms with Gasteiger partial charge in [-0.1, -0.05) is 175 Å². The summed E-state index contributed by atoms with van der Waals surface area (Å²) in [5.41, 5.74) is 14.6. The van der Waals surface area contributed by atoms with Crippen molar-refractivity contribution in [2.45, 2.75) is 100 Å². The molecular weight excluding hydrogens is 1730 g/mol. The second-order valence-electron chi connectivity index (χ2n) is 35.7. The number of carbonyl (C=O) groups is 4. The van der Waals surface area contributed by atoms with E-state index in [2.05, 4.69) is 316 Å². The molecule has 4 fully saturated rings. The van der Waals surface area contributed by atoms with Crippen LogP contribution in [0.15, 0.2) is 350 Å². The van der Waals surface area contributed by atoms with Crippen molar-refractivity contribution in [2.24, 2.45) is 28.8 Å². The van der Waals surface area contributed by atoms with Gasteiger partial charge in [0, 0.05) is 153 Å². The molecule has 4 aliphatic rings. The summed E-state index contributed by atoms with van der Waals surface area (Å²) in [7, 11) is -6.98. The van der Waals surface area contributed by atoms with Gasteiger partial charge in [-0.3, -0.25) is 19.2 Å². The average molecular weight is 1860 g/mol. The van der Waals surface area contributed by atoms with Gasteiger partial charge >= 0.3 is 0 Å². The predicted molar refractivity (Wildman–Crippen MR) is 552 cm³/mol. The van der Waals surface area contributed by atoms with Crippen molar-refractivity contribution in [1.29, 1.82) is 5.26 Å². The van der Waals surface area contributed by atoms with Gasteiger partial charge in [0.15, 0.2) is 9.84 Å². The molecule has 6 N–H and O–H groups in total. The summed E-state index contributed by atoms with van der Waals surface area (Å²) in [5.74, 6) is 1.76. The normalized spacial score (nSPS) is 14.8. The third-order valence-electron chi connectivity index (χ3n) is 25.8. The molecule has 4 heterocycles. The molecule has 4 saturated heterocycles. The first kappa shape index (κ1) is 100. The van der Waals surface area contributed by atoms with Crippen molar-refractivity contribution >= 4 is 106 Å². The quantitative estimate of drug-likeness (QED) is 0.0247. The van der Waals surface area contributed by atoms with Gasteiger partial charge in [0.25, 0.3) is 0 Å². The minimum Gasteiger partial charge on any atom is -0.352 e. The standard InChI is InChI=1S/C29H35N3O.C28H30N4O.C28H33N3O3S.C27H32N4O3S/c1-24-12-14-26(15-13-24)23-30-29(33)22-25-16-18-31(19-17-25)20-21-32(27-8-4-2-5-9-27)28-10-6-3-7-11-28;29-22-24-11-13-25(14-12-24)30-28(33)21-23-15-17-31(18-16-23)19-20-32(26-7-3-1-4-8-26)27-9-5-2-6-10-27;1-35(33,34)27-14-12-24(13-15-27)29-28(32)22-23-16-18-30(19-17-23)20-21-31(25-8-4-2-5-9-25)26-10-6-3-7-11-26;28-35(33,34)26-13-11-23(12-14-26)29-27(32)21-22-15-17-30(18-16-22)19-20-31(24-7-3-1-4-8-24)25-9-5-2-6-10-25/h2-15,25H,16-23H2,1H3,(H,30,33);1-14,23H,15-21H2,(H,30,33);2-15,23H,16-22H2,1H3,(H,29,32);1-14,22H,15-21H2,(H,29,32)(H2,28,33,34). The summed E-state index contributed by atoms with van der Waals surface area (Å²) in [6, 6.07) is 114. The molecule has 22 nitrogen and oxygen atoms in total. The Bertz CT molecular complexity index is 5530. The third-order valence-corrected chi connectivity index (χ3v) is 27.8. The van der Waals surface area contributed by atoms with Crippen molar-refractivity contribution in [3.63, 3.8) is 0 Å². The van der Waals surface area contributed by atoms with Crippen LogP contribution in [0.2, 0.25) is 0 Å². The maximum Gasteiger partial charge on any atom is 0.238 e. The minimum absolute atomic E-state index is 0.0186. The molecule has 12 aromatic rings. The van der Waals surface area contributed by atoms with Crippen LogP contribution in [-0.4, -0.2) is 171 Å². The van der Waals surface area contributed by atoms with E-state index in [0.29, 0.717) is 72.8 Å². The van der Waals surface area contributed by atoms with Gasteiger partial charge < -0.3 is 60.5 Å². The van der Waals surface area contributed by atoms with Crippen LogP contribution in [0.5, 0.6) is 0 Å². The number of rotatable bonds is 35. The Hall–Kier alpha value is -13.1. The third kappa shape index (κ3) is 32.9. The first-order chi connectivity index (χ1) is 66.1. The van der Waals surface area contributed by atoms with Crippen molar-refractivity contribution < 1.29 is 36.0 Å². The van der Waals surface area contributed by atoms with Gasteiger partial charge in [-0.15, -0.1) is 0 Å². The van der Waals surface area contributed by atoms with E-state index in [-0.39, 0.29) is 33.4 Å². The van der Waals surface area contributed by atoms with Crippen LogP contribution >= 0.6 is 0 Å². The smallest absolute Gasteiger partial charge is 0.238 e. The van der Waals surface area contributed by atoms with Crippen molar-refractivity contribution in [1.82, 2.24) is 24.9 Å². The van der Waals surface area contributed by atoms with Crippen LogP contribution in [0.1, 0.15) is 93.7 Å². The molecular formula is C112H130N14O8S2. The number of primary sulfonamides is 1. The van der Waals surface area contributed by atoms with E-state index in [1.807, 2.05) is 24.3 Å². The fraction of sp³-hybridized carbons (Fsp3) is 0.312. The predicted octanol–water partition coefficient (Wildman–Crippen LogP) is 20.2. The Balaban J connectivity index is 0.000000153. The molecule has 0 bridgehead atoms. The molecule has 136 heavy (non-hydrogen) atoms. The summed E-state index contributed by atoms with van der Waals surface area (Å²) in [6.07, 6.45) is 11.5. The number of nitrogens with zero attached hydrogens (tertiary/aromatic N) is 9.